The van der Waals surface area contributed by atoms with Crippen molar-refractivity contribution in [3.05, 3.63) is 42.0 Å². The van der Waals surface area contributed by atoms with E-state index in [9.17, 15) is 4.79 Å². The number of anilines is 1. The van der Waals surface area contributed by atoms with Crippen LogP contribution >= 0.6 is 0 Å². The zero-order valence-corrected chi connectivity index (χ0v) is 16.5. The summed E-state index contributed by atoms with van der Waals surface area (Å²) in [5, 5.41) is 17.5. The van der Waals surface area contributed by atoms with Crippen molar-refractivity contribution in [1.29, 1.82) is 0 Å². The van der Waals surface area contributed by atoms with Crippen molar-refractivity contribution < 1.29 is 4.79 Å². The lowest BCUT2D eigenvalue weighted by atomic mass is 10.2. The van der Waals surface area contributed by atoms with Crippen LogP contribution in [0.1, 0.15) is 18.3 Å². The highest BCUT2D eigenvalue weighted by Gasteiger charge is 2.16. The second kappa shape index (κ2) is 9.72. The minimum absolute atomic E-state index is 0.0735. The summed E-state index contributed by atoms with van der Waals surface area (Å²) in [6.07, 6.45) is 2.62. The summed E-state index contributed by atoms with van der Waals surface area (Å²) in [7, 11) is 1.76. The average molecular weight is 384 g/mol. The fourth-order valence-electron chi connectivity index (χ4n) is 3.12. The van der Waals surface area contributed by atoms with Gasteiger partial charge in [0.05, 0.1) is 6.54 Å². The molecule has 150 valence electrons. The van der Waals surface area contributed by atoms with Crippen LogP contribution in [-0.2, 0) is 24.3 Å². The van der Waals surface area contributed by atoms with Gasteiger partial charge < -0.3 is 25.4 Å². The molecule has 1 amide bonds. The first-order chi connectivity index (χ1) is 13.7. The first-order valence-corrected chi connectivity index (χ1v) is 9.61. The molecule has 1 aliphatic rings. The molecule has 0 bridgehead atoms. The van der Waals surface area contributed by atoms with Crippen molar-refractivity contribution in [2.45, 2.75) is 26.4 Å². The molecule has 0 radical (unpaired) electrons. The number of nitrogens with one attached hydrogen (secondary N) is 3. The molecule has 1 fully saturated rings. The Bertz CT molecular complexity index is 799. The summed E-state index contributed by atoms with van der Waals surface area (Å²) in [6, 6.07) is 8.27. The first kappa shape index (κ1) is 19.7. The van der Waals surface area contributed by atoms with Crippen LogP contribution in [0.2, 0.25) is 0 Å². The highest BCUT2D eigenvalue weighted by molar-refractivity contribution is 5.82. The zero-order valence-electron chi connectivity index (χ0n) is 16.5. The van der Waals surface area contributed by atoms with Crippen LogP contribution in [-0.4, -0.2) is 59.9 Å². The molecule has 0 unspecified atom stereocenters. The monoisotopic (exact) mass is 384 g/mol. The van der Waals surface area contributed by atoms with Crippen molar-refractivity contribution in [1.82, 2.24) is 30.7 Å². The van der Waals surface area contributed by atoms with E-state index in [1.807, 2.05) is 4.57 Å². The number of aryl methyl sites for hydroxylation is 1. The molecule has 28 heavy (non-hydrogen) atoms. The van der Waals surface area contributed by atoms with E-state index in [4.69, 9.17) is 0 Å². The molecule has 2 aromatic rings. The largest absolute Gasteiger partial charge is 0.360 e. The molecule has 3 rings (SSSR count). The minimum atomic E-state index is 0.0735. The lowest BCUT2D eigenvalue weighted by Gasteiger charge is -2.28. The number of benzene rings is 1. The molecular formula is C19H28N8O. The third-order valence-electron chi connectivity index (χ3n) is 4.68. The topological polar surface area (TPSA) is 99.5 Å². The van der Waals surface area contributed by atoms with E-state index in [1.165, 1.54) is 0 Å². The fraction of sp³-hybridized carbons (Fsp3) is 0.474. The van der Waals surface area contributed by atoms with Gasteiger partial charge in [0, 0.05) is 51.9 Å². The smallest absolute Gasteiger partial charge is 0.239 e. The summed E-state index contributed by atoms with van der Waals surface area (Å²) in [4.78, 5) is 17.9. The molecule has 0 spiro atoms. The molecule has 9 nitrogen and oxygen atoms in total. The normalized spacial score (nSPS) is 14.7. The lowest BCUT2D eigenvalue weighted by molar-refractivity contribution is -0.120. The van der Waals surface area contributed by atoms with Crippen LogP contribution in [0.15, 0.2) is 35.6 Å². The maximum absolute atomic E-state index is 11.5. The van der Waals surface area contributed by atoms with Gasteiger partial charge in [0.25, 0.3) is 0 Å². The number of piperazine rings is 1. The Balaban J connectivity index is 1.45. The van der Waals surface area contributed by atoms with E-state index in [2.05, 4.69) is 67.2 Å². The van der Waals surface area contributed by atoms with E-state index in [-0.39, 0.29) is 5.91 Å². The van der Waals surface area contributed by atoms with Gasteiger partial charge in [0.1, 0.15) is 12.2 Å². The van der Waals surface area contributed by atoms with Gasteiger partial charge >= 0.3 is 0 Å². The number of aromatic nitrogens is 3. The van der Waals surface area contributed by atoms with Gasteiger partial charge in [-0.1, -0.05) is 19.1 Å². The number of carbonyl (C=O) groups is 1. The van der Waals surface area contributed by atoms with Crippen LogP contribution in [0.25, 0.3) is 0 Å². The fourth-order valence-corrected chi connectivity index (χ4v) is 3.12. The van der Waals surface area contributed by atoms with E-state index in [0.29, 0.717) is 19.6 Å². The number of nitrogens with zero attached hydrogens (tertiary/aromatic N) is 5. The van der Waals surface area contributed by atoms with Gasteiger partial charge in [-0.2, -0.15) is 0 Å². The summed E-state index contributed by atoms with van der Waals surface area (Å²) < 4.78 is 2.04. The molecule has 0 atom stereocenters. The van der Waals surface area contributed by atoms with Crippen molar-refractivity contribution in [2.75, 3.05) is 38.1 Å². The van der Waals surface area contributed by atoms with Crippen LogP contribution in [0.3, 0.4) is 0 Å². The molecule has 0 saturated carbocycles. The summed E-state index contributed by atoms with van der Waals surface area (Å²) >= 11 is 0. The van der Waals surface area contributed by atoms with Crippen molar-refractivity contribution >= 4 is 17.6 Å². The van der Waals surface area contributed by atoms with Gasteiger partial charge in [-0.05, 0) is 17.7 Å². The number of amides is 1. The minimum Gasteiger partial charge on any atom is -0.360 e. The van der Waals surface area contributed by atoms with Crippen molar-refractivity contribution in [3.63, 3.8) is 0 Å². The standard InChI is InChI=1S/C19H28N8O/c1-3-17-25-24-14-27(17)11-9-22-19(20-2)23-12-15-4-6-16(7-5-15)26-10-8-21-18(28)13-26/h4-7,14H,3,8-13H2,1-2H3,(H,21,28)(H2,20,22,23). The average Bonchev–Trinajstić information content (AvgIpc) is 3.18. The van der Waals surface area contributed by atoms with E-state index in [1.54, 1.807) is 13.4 Å². The lowest BCUT2D eigenvalue weighted by Crippen LogP contribution is -2.47. The first-order valence-electron chi connectivity index (χ1n) is 9.61. The third kappa shape index (κ3) is 5.21. The number of rotatable bonds is 7. The number of hydrogen-bond acceptors (Lipinski definition) is 5. The van der Waals surface area contributed by atoms with Gasteiger partial charge in [-0.3, -0.25) is 9.79 Å². The van der Waals surface area contributed by atoms with Gasteiger partial charge in [-0.15, -0.1) is 10.2 Å². The Morgan fingerprint density at radius 1 is 1.29 bits per heavy atom. The van der Waals surface area contributed by atoms with Crippen LogP contribution < -0.4 is 20.9 Å². The highest BCUT2D eigenvalue weighted by atomic mass is 16.2. The maximum Gasteiger partial charge on any atom is 0.239 e. The molecule has 9 heteroatoms. The summed E-state index contributed by atoms with van der Waals surface area (Å²) in [5.41, 5.74) is 2.22. The summed E-state index contributed by atoms with van der Waals surface area (Å²) in [6.45, 7) is 6.22. The molecule has 1 saturated heterocycles. The van der Waals surface area contributed by atoms with Gasteiger partial charge in [0.2, 0.25) is 5.91 Å². The molecular weight excluding hydrogens is 356 g/mol. The zero-order chi connectivity index (χ0) is 19.8. The van der Waals surface area contributed by atoms with Crippen LogP contribution in [0.4, 0.5) is 5.69 Å². The van der Waals surface area contributed by atoms with Crippen molar-refractivity contribution in [2.24, 2.45) is 4.99 Å². The second-order valence-corrected chi connectivity index (χ2v) is 6.58. The Kier molecular flexibility index (Phi) is 6.83. The summed E-state index contributed by atoms with van der Waals surface area (Å²) in [5.74, 6) is 1.81. The number of carbonyl (C=O) groups excluding carboxylic acids is 1. The SMILES string of the molecule is CCc1nncn1CCNC(=NC)NCc1ccc(N2CCNC(=O)C2)cc1. The van der Waals surface area contributed by atoms with Gasteiger partial charge in [0.15, 0.2) is 5.96 Å². The van der Waals surface area contributed by atoms with E-state index in [0.717, 1.165) is 49.1 Å². The maximum atomic E-state index is 11.5. The molecule has 2 heterocycles. The Morgan fingerprint density at radius 3 is 2.82 bits per heavy atom. The number of guanidine groups is 1. The van der Waals surface area contributed by atoms with Crippen LogP contribution in [0.5, 0.6) is 0 Å². The number of hydrogen-bond donors (Lipinski definition) is 3. The quantitative estimate of drug-likeness (QED) is 0.464. The van der Waals surface area contributed by atoms with Crippen molar-refractivity contribution in [3.8, 4) is 0 Å². The van der Waals surface area contributed by atoms with E-state index >= 15 is 0 Å². The predicted molar refractivity (Wildman–Crippen MR) is 109 cm³/mol. The second-order valence-electron chi connectivity index (χ2n) is 6.58. The Hall–Kier alpha value is -3.10. The predicted octanol–water partition coefficient (Wildman–Crippen LogP) is 0.142. The molecule has 3 N–H and O–H groups in total. The highest BCUT2D eigenvalue weighted by Crippen LogP contribution is 2.16. The van der Waals surface area contributed by atoms with Crippen LogP contribution in [0, 0.1) is 0 Å². The number of aliphatic imine (C=N–C) groups is 1. The Labute approximate surface area is 165 Å². The molecule has 0 aliphatic carbocycles. The molecule has 1 aromatic carbocycles. The molecule has 1 aromatic heterocycles. The van der Waals surface area contributed by atoms with Gasteiger partial charge in [-0.25, -0.2) is 0 Å². The van der Waals surface area contributed by atoms with E-state index < -0.39 is 0 Å². The molecule has 1 aliphatic heterocycles. The Morgan fingerprint density at radius 2 is 2.11 bits per heavy atom. The third-order valence-corrected chi connectivity index (χ3v) is 4.68.